The summed E-state index contributed by atoms with van der Waals surface area (Å²) in [6.07, 6.45) is 1.31. The van der Waals surface area contributed by atoms with E-state index < -0.39 is 0 Å². The molecule has 1 rings (SSSR count). The van der Waals surface area contributed by atoms with E-state index in [-0.39, 0.29) is 0 Å². The molecule has 1 aromatic rings. The van der Waals surface area contributed by atoms with Gasteiger partial charge in [0.05, 0.1) is 0 Å². The van der Waals surface area contributed by atoms with E-state index in [9.17, 15) is 5.21 Å². The van der Waals surface area contributed by atoms with Gasteiger partial charge in [0.1, 0.15) is 0 Å². The van der Waals surface area contributed by atoms with Gasteiger partial charge in [0.25, 0.3) is 0 Å². The Bertz CT molecular complexity index is 228. The number of rotatable bonds is 0. The summed E-state index contributed by atoms with van der Waals surface area (Å²) in [5, 5.41) is 11.1. The van der Waals surface area contributed by atoms with Crippen LogP contribution in [0.4, 0.5) is 0 Å². The van der Waals surface area contributed by atoms with E-state index >= 15 is 0 Å². The summed E-state index contributed by atoms with van der Waals surface area (Å²) in [5.41, 5.74) is 0. The van der Waals surface area contributed by atoms with Crippen molar-refractivity contribution in [2.24, 2.45) is 0 Å². The average Bonchev–Trinajstić information content (AvgIpc) is 1.80. The van der Waals surface area contributed by atoms with Crippen molar-refractivity contribution in [2.75, 3.05) is 0 Å². The monoisotopic (exact) mass is 209 g/mol. The van der Waals surface area contributed by atoms with Gasteiger partial charge in [-0.15, -0.1) is 0 Å². The molecule has 0 saturated carbocycles. The second kappa shape index (κ2) is 2.56. The Hall–Kier alpha value is -0.241. The molecule has 0 aliphatic heterocycles. The van der Waals surface area contributed by atoms with Crippen LogP contribution in [0, 0.1) is 5.21 Å². The molecule has 0 N–H and O–H groups in total. The number of hydrogen-bond donors (Lipinski definition) is 0. The van der Waals surface area contributed by atoms with E-state index in [1.807, 2.05) is 0 Å². The Labute approximate surface area is 65.8 Å². The summed E-state index contributed by atoms with van der Waals surface area (Å²) in [7, 11) is 0. The van der Waals surface area contributed by atoms with Crippen molar-refractivity contribution in [3.63, 3.8) is 0 Å². The first kappa shape index (κ1) is 6.87. The van der Waals surface area contributed by atoms with Crippen molar-refractivity contribution in [3.8, 4) is 0 Å². The molecule has 2 nitrogen and oxygen atoms in total. The number of aromatic nitrogens is 1. The van der Waals surface area contributed by atoms with Crippen LogP contribution < -0.4 is 9.32 Å². The molecular formula is C5H4ClNOSe. The minimum atomic E-state index is 0.458. The molecule has 4 heteroatoms. The van der Waals surface area contributed by atoms with Gasteiger partial charge in [-0.05, 0) is 0 Å². The van der Waals surface area contributed by atoms with Gasteiger partial charge in [0.15, 0.2) is 0 Å². The molecule has 0 bridgehead atoms. The van der Waals surface area contributed by atoms with E-state index in [0.717, 1.165) is 0 Å². The van der Waals surface area contributed by atoms with E-state index in [1.54, 1.807) is 12.1 Å². The third-order valence-electron chi connectivity index (χ3n) is 0.858. The van der Waals surface area contributed by atoms with Crippen molar-refractivity contribution in [3.05, 3.63) is 28.6 Å². The van der Waals surface area contributed by atoms with Gasteiger partial charge in [0.2, 0.25) is 0 Å². The SMILES string of the molecule is [O-][n+]1cc(Cl)ccc1[SeH]. The Morgan fingerprint density at radius 2 is 2.22 bits per heavy atom. The van der Waals surface area contributed by atoms with Crippen LogP contribution in [0.2, 0.25) is 5.02 Å². The van der Waals surface area contributed by atoms with E-state index in [0.29, 0.717) is 14.3 Å². The second-order valence-corrected chi connectivity index (χ2v) is 2.93. The van der Waals surface area contributed by atoms with Crippen LogP contribution in [0.3, 0.4) is 0 Å². The van der Waals surface area contributed by atoms with Crippen LogP contribution in [-0.2, 0) is 0 Å². The fraction of sp³-hybridized carbons (Fsp3) is 0. The van der Waals surface area contributed by atoms with Crippen LogP contribution >= 0.6 is 11.6 Å². The number of nitrogens with zero attached hydrogens (tertiary/aromatic N) is 1. The molecule has 1 aromatic heterocycles. The zero-order valence-electron chi connectivity index (χ0n) is 4.41. The van der Waals surface area contributed by atoms with Crippen LogP contribution in [-0.4, -0.2) is 16.0 Å². The summed E-state index contributed by atoms with van der Waals surface area (Å²) < 4.78 is 1.30. The Balaban J connectivity index is 3.17. The number of halogens is 1. The molecule has 0 aromatic carbocycles. The van der Waals surface area contributed by atoms with Crippen LogP contribution in [0.25, 0.3) is 0 Å². The van der Waals surface area contributed by atoms with Gasteiger partial charge in [-0.3, -0.25) is 0 Å². The second-order valence-electron chi connectivity index (χ2n) is 1.53. The Kier molecular flexibility index (Phi) is 1.96. The number of pyridine rings is 1. The van der Waals surface area contributed by atoms with Crippen molar-refractivity contribution < 1.29 is 4.73 Å². The van der Waals surface area contributed by atoms with Gasteiger partial charge in [-0.25, -0.2) is 0 Å². The van der Waals surface area contributed by atoms with Crippen LogP contribution in [0.5, 0.6) is 0 Å². The summed E-state index contributed by atoms with van der Waals surface area (Å²) >= 11 is 7.65. The molecule has 0 unspecified atom stereocenters. The molecule has 0 atom stereocenters. The van der Waals surface area contributed by atoms with Crippen molar-refractivity contribution in [2.45, 2.75) is 0 Å². The maximum atomic E-state index is 10.7. The standard InChI is InChI=1S/C5H4ClNOSe/c6-4-1-2-5(9)7(8)3-4/h1-3,9H. The normalized spacial score (nSPS) is 9.56. The van der Waals surface area contributed by atoms with Crippen LogP contribution in [0.15, 0.2) is 18.3 Å². The van der Waals surface area contributed by atoms with Gasteiger partial charge in [0, 0.05) is 0 Å². The zero-order valence-corrected chi connectivity index (χ0v) is 7.05. The molecule has 9 heavy (non-hydrogen) atoms. The fourth-order valence-electron chi connectivity index (χ4n) is 0.449. The summed E-state index contributed by atoms with van der Waals surface area (Å²) in [6, 6.07) is 3.32. The average molecular weight is 209 g/mol. The molecule has 1 heterocycles. The predicted molar refractivity (Wildman–Crippen MR) is 37.2 cm³/mol. The third kappa shape index (κ3) is 1.58. The molecule has 0 amide bonds. The first-order valence-electron chi connectivity index (χ1n) is 2.28. The molecule has 0 spiro atoms. The van der Waals surface area contributed by atoms with Crippen molar-refractivity contribution in [1.82, 2.24) is 0 Å². The van der Waals surface area contributed by atoms with E-state index in [4.69, 9.17) is 11.6 Å². The van der Waals surface area contributed by atoms with Crippen molar-refractivity contribution in [1.29, 1.82) is 0 Å². The Morgan fingerprint density at radius 3 is 2.67 bits per heavy atom. The fourth-order valence-corrected chi connectivity index (χ4v) is 0.878. The van der Waals surface area contributed by atoms with E-state index in [2.05, 4.69) is 16.0 Å². The van der Waals surface area contributed by atoms with E-state index in [1.165, 1.54) is 6.20 Å². The molecule has 0 aliphatic rings. The first-order valence-corrected chi connectivity index (χ1v) is 3.59. The topological polar surface area (TPSA) is 26.9 Å². The first-order chi connectivity index (χ1) is 4.20. The minimum absolute atomic E-state index is 0.458. The molecule has 48 valence electrons. The number of hydrogen-bond acceptors (Lipinski definition) is 1. The maximum absolute atomic E-state index is 10.7. The third-order valence-corrected chi connectivity index (χ3v) is 1.81. The summed E-state index contributed by atoms with van der Waals surface area (Å²) in [5.74, 6) is 0. The summed E-state index contributed by atoms with van der Waals surface area (Å²) in [4.78, 5) is 0. The molecule has 0 saturated heterocycles. The predicted octanol–water partition coefficient (Wildman–Crippen LogP) is -0.500. The van der Waals surface area contributed by atoms with Crippen LogP contribution in [0.1, 0.15) is 0 Å². The molecule has 0 radical (unpaired) electrons. The van der Waals surface area contributed by atoms with Gasteiger partial charge < -0.3 is 0 Å². The Morgan fingerprint density at radius 1 is 1.56 bits per heavy atom. The zero-order chi connectivity index (χ0) is 6.85. The van der Waals surface area contributed by atoms with Crippen molar-refractivity contribution >= 4 is 32.2 Å². The molecular weight excluding hydrogens is 204 g/mol. The quantitative estimate of drug-likeness (QED) is 0.321. The van der Waals surface area contributed by atoms with Gasteiger partial charge in [-0.2, -0.15) is 0 Å². The van der Waals surface area contributed by atoms with Gasteiger partial charge in [-0.1, -0.05) is 0 Å². The molecule has 0 aliphatic carbocycles. The van der Waals surface area contributed by atoms with Gasteiger partial charge >= 0.3 is 65.5 Å². The summed E-state index contributed by atoms with van der Waals surface area (Å²) in [6.45, 7) is 0. The molecule has 0 fully saturated rings.